The van der Waals surface area contributed by atoms with Crippen molar-refractivity contribution in [3.63, 3.8) is 0 Å². The molecule has 0 unspecified atom stereocenters. The summed E-state index contributed by atoms with van der Waals surface area (Å²) in [6.45, 7) is 8.62. The summed E-state index contributed by atoms with van der Waals surface area (Å²) in [6, 6.07) is 17.7. The first-order valence-electron chi connectivity index (χ1n) is 9.94. The maximum Gasteiger partial charge on any atom is 0.266 e. The van der Waals surface area contributed by atoms with E-state index in [0.29, 0.717) is 25.4 Å². The van der Waals surface area contributed by atoms with Crippen LogP contribution in [0.1, 0.15) is 5.56 Å². The highest BCUT2D eigenvalue weighted by molar-refractivity contribution is 5.93. The summed E-state index contributed by atoms with van der Waals surface area (Å²) >= 11 is 0. The van der Waals surface area contributed by atoms with Gasteiger partial charge >= 0.3 is 0 Å². The number of carbonyl (C=O) groups excluding carboxylic acids is 2. The SMILES string of the molecule is C=CCN[C@@H](C(=O)NCc1ccccc1)[C@H]1[C@@H](Oc2ccccc2)C(=O)N1CC=C. The predicted molar refractivity (Wildman–Crippen MR) is 117 cm³/mol. The zero-order valence-electron chi connectivity index (χ0n) is 16.9. The van der Waals surface area contributed by atoms with Crippen LogP contribution in [-0.4, -0.2) is 48.0 Å². The minimum absolute atomic E-state index is 0.162. The van der Waals surface area contributed by atoms with Crippen LogP contribution in [-0.2, 0) is 16.1 Å². The van der Waals surface area contributed by atoms with E-state index in [0.717, 1.165) is 5.56 Å². The molecule has 156 valence electrons. The summed E-state index contributed by atoms with van der Waals surface area (Å²) in [5.74, 6) is 0.227. The molecule has 3 rings (SSSR count). The molecule has 0 spiro atoms. The van der Waals surface area contributed by atoms with Gasteiger partial charge in [-0.2, -0.15) is 0 Å². The van der Waals surface area contributed by atoms with E-state index in [2.05, 4.69) is 23.8 Å². The lowest BCUT2D eigenvalue weighted by Gasteiger charge is -2.49. The van der Waals surface area contributed by atoms with E-state index in [1.807, 2.05) is 48.5 Å². The zero-order chi connectivity index (χ0) is 21.3. The van der Waals surface area contributed by atoms with Crippen LogP contribution in [0, 0.1) is 0 Å². The zero-order valence-corrected chi connectivity index (χ0v) is 16.9. The van der Waals surface area contributed by atoms with Crippen LogP contribution in [0.3, 0.4) is 0 Å². The molecule has 6 nitrogen and oxygen atoms in total. The van der Waals surface area contributed by atoms with E-state index in [9.17, 15) is 9.59 Å². The smallest absolute Gasteiger partial charge is 0.266 e. The van der Waals surface area contributed by atoms with E-state index < -0.39 is 18.2 Å². The summed E-state index contributed by atoms with van der Waals surface area (Å²) in [4.78, 5) is 27.4. The second-order valence-electron chi connectivity index (χ2n) is 7.00. The maximum atomic E-state index is 13.1. The number of hydrogen-bond acceptors (Lipinski definition) is 4. The van der Waals surface area contributed by atoms with Gasteiger partial charge in [0.15, 0.2) is 6.10 Å². The molecule has 30 heavy (non-hydrogen) atoms. The monoisotopic (exact) mass is 405 g/mol. The number of rotatable bonds is 11. The van der Waals surface area contributed by atoms with Gasteiger partial charge in [-0.25, -0.2) is 0 Å². The lowest BCUT2D eigenvalue weighted by atomic mass is 9.89. The number of nitrogens with one attached hydrogen (secondary N) is 2. The highest BCUT2D eigenvalue weighted by Gasteiger charge is 2.54. The van der Waals surface area contributed by atoms with Gasteiger partial charge < -0.3 is 20.3 Å². The Hall–Kier alpha value is -3.38. The molecular formula is C24H27N3O3. The molecule has 0 aromatic heterocycles. The molecule has 1 aliphatic rings. The third-order valence-electron chi connectivity index (χ3n) is 4.94. The van der Waals surface area contributed by atoms with Crippen molar-refractivity contribution < 1.29 is 14.3 Å². The minimum Gasteiger partial charge on any atom is -0.478 e. The maximum absolute atomic E-state index is 13.1. The first kappa shape index (κ1) is 21.3. The van der Waals surface area contributed by atoms with E-state index in [1.54, 1.807) is 29.2 Å². The number of benzene rings is 2. The summed E-state index contributed by atoms with van der Waals surface area (Å²) in [7, 11) is 0. The molecule has 1 fully saturated rings. The number of β-lactam (4-membered cyclic amide) rings is 1. The Morgan fingerprint density at radius 2 is 1.73 bits per heavy atom. The van der Waals surface area contributed by atoms with E-state index >= 15 is 0 Å². The molecule has 2 amide bonds. The Morgan fingerprint density at radius 1 is 1.07 bits per heavy atom. The highest BCUT2D eigenvalue weighted by atomic mass is 16.5. The number of para-hydroxylation sites is 1. The van der Waals surface area contributed by atoms with Crippen molar-refractivity contribution in [2.75, 3.05) is 13.1 Å². The summed E-state index contributed by atoms with van der Waals surface area (Å²) < 4.78 is 5.95. The molecule has 1 saturated heterocycles. The highest BCUT2D eigenvalue weighted by Crippen LogP contribution is 2.28. The van der Waals surface area contributed by atoms with Gasteiger partial charge in [-0.15, -0.1) is 13.2 Å². The standard InChI is InChI=1S/C24H27N3O3/c1-3-15-25-20(23(28)26-17-18-11-7-5-8-12-18)21-22(24(29)27(21)16-4-2)30-19-13-9-6-10-14-19/h3-14,20-22,25H,1-2,15-17H2,(H,26,28)/t20-,21+,22-/m1/s1. The fourth-order valence-electron chi connectivity index (χ4n) is 3.48. The van der Waals surface area contributed by atoms with Gasteiger partial charge in [0.2, 0.25) is 5.91 Å². The summed E-state index contributed by atoms with van der Waals surface area (Å²) in [5, 5.41) is 6.16. The Kier molecular flexibility index (Phi) is 7.40. The van der Waals surface area contributed by atoms with Gasteiger partial charge in [0.05, 0.1) is 0 Å². The van der Waals surface area contributed by atoms with Gasteiger partial charge in [0.25, 0.3) is 5.91 Å². The van der Waals surface area contributed by atoms with Crippen molar-refractivity contribution in [2.24, 2.45) is 0 Å². The van der Waals surface area contributed by atoms with Gasteiger partial charge in [0.1, 0.15) is 17.8 Å². The molecule has 0 aliphatic carbocycles. The normalized spacial score (nSPS) is 18.8. The van der Waals surface area contributed by atoms with Crippen LogP contribution in [0.25, 0.3) is 0 Å². The molecule has 1 heterocycles. The number of nitrogens with zero attached hydrogens (tertiary/aromatic N) is 1. The summed E-state index contributed by atoms with van der Waals surface area (Å²) in [5.41, 5.74) is 0.998. The first-order chi connectivity index (χ1) is 14.7. The third-order valence-corrected chi connectivity index (χ3v) is 4.94. The molecule has 0 bridgehead atoms. The third kappa shape index (κ3) is 4.96. The molecule has 2 N–H and O–H groups in total. The topological polar surface area (TPSA) is 70.7 Å². The minimum atomic E-state index is -0.753. The lowest BCUT2D eigenvalue weighted by molar-refractivity contribution is -0.166. The summed E-state index contributed by atoms with van der Waals surface area (Å²) in [6.07, 6.45) is 2.58. The Labute approximate surface area is 177 Å². The van der Waals surface area contributed by atoms with E-state index in [4.69, 9.17) is 4.74 Å². The molecule has 0 saturated carbocycles. The number of ether oxygens (including phenoxy) is 1. The van der Waals surface area contributed by atoms with Crippen LogP contribution in [0.5, 0.6) is 5.75 Å². The second-order valence-corrected chi connectivity index (χ2v) is 7.00. The average molecular weight is 405 g/mol. The molecule has 2 aromatic carbocycles. The average Bonchev–Trinajstić information content (AvgIpc) is 2.79. The van der Waals surface area contributed by atoms with E-state index in [1.165, 1.54) is 0 Å². The number of likely N-dealkylation sites (tertiary alicyclic amines) is 1. The molecule has 0 radical (unpaired) electrons. The Balaban J connectivity index is 1.78. The number of hydrogen-bond donors (Lipinski definition) is 2. The van der Waals surface area contributed by atoms with Crippen molar-refractivity contribution in [3.05, 3.63) is 91.5 Å². The quantitative estimate of drug-likeness (QED) is 0.445. The number of carbonyl (C=O) groups is 2. The van der Waals surface area contributed by atoms with Gasteiger partial charge in [-0.3, -0.25) is 9.59 Å². The van der Waals surface area contributed by atoms with E-state index in [-0.39, 0.29) is 11.8 Å². The first-order valence-corrected chi connectivity index (χ1v) is 9.94. The van der Waals surface area contributed by atoms with Crippen molar-refractivity contribution in [3.8, 4) is 5.75 Å². The fourth-order valence-corrected chi connectivity index (χ4v) is 3.48. The van der Waals surface area contributed by atoms with Crippen molar-refractivity contribution >= 4 is 11.8 Å². The molecule has 6 heteroatoms. The van der Waals surface area contributed by atoms with Crippen LogP contribution in [0.4, 0.5) is 0 Å². The van der Waals surface area contributed by atoms with Gasteiger partial charge in [0, 0.05) is 19.6 Å². The van der Waals surface area contributed by atoms with Crippen molar-refractivity contribution in [1.82, 2.24) is 15.5 Å². The fraction of sp³-hybridized carbons (Fsp3) is 0.250. The Bertz CT molecular complexity index is 870. The largest absolute Gasteiger partial charge is 0.478 e. The van der Waals surface area contributed by atoms with Crippen molar-refractivity contribution in [1.29, 1.82) is 0 Å². The van der Waals surface area contributed by atoms with Crippen LogP contribution >= 0.6 is 0 Å². The van der Waals surface area contributed by atoms with Crippen molar-refractivity contribution in [2.45, 2.75) is 24.7 Å². The lowest BCUT2D eigenvalue weighted by Crippen LogP contribution is -2.75. The number of amides is 2. The molecule has 2 aromatic rings. The predicted octanol–water partition coefficient (Wildman–Crippen LogP) is 2.29. The van der Waals surface area contributed by atoms with Gasteiger partial charge in [-0.1, -0.05) is 60.7 Å². The van der Waals surface area contributed by atoms with Crippen LogP contribution in [0.2, 0.25) is 0 Å². The molecule has 3 atom stereocenters. The second kappa shape index (κ2) is 10.4. The molecular weight excluding hydrogens is 378 g/mol. The van der Waals surface area contributed by atoms with Crippen LogP contribution in [0.15, 0.2) is 86.0 Å². The molecule has 1 aliphatic heterocycles. The Morgan fingerprint density at radius 3 is 2.37 bits per heavy atom. The van der Waals surface area contributed by atoms with Gasteiger partial charge in [-0.05, 0) is 17.7 Å². The van der Waals surface area contributed by atoms with Crippen LogP contribution < -0.4 is 15.4 Å².